The monoisotopic (exact) mass is 898 g/mol. The molecule has 4 N–H and O–H groups in total. The van der Waals surface area contributed by atoms with Gasteiger partial charge >= 0.3 is 5.97 Å². The quantitative estimate of drug-likeness (QED) is 0.118. The summed E-state index contributed by atoms with van der Waals surface area (Å²) in [5, 5.41) is 36.3. The number of hydrogen-bond acceptors (Lipinski definition) is 11. The molecule has 4 saturated heterocycles. The maximum atomic E-state index is 14.7. The lowest BCUT2D eigenvalue weighted by molar-refractivity contribution is -0.397. The maximum absolute atomic E-state index is 14.7. The fourth-order valence-corrected chi connectivity index (χ4v) is 11.8. The van der Waals surface area contributed by atoms with Crippen LogP contribution < -0.4 is 10.1 Å². The van der Waals surface area contributed by atoms with Crippen molar-refractivity contribution in [3.63, 3.8) is 0 Å². The number of carbonyl (C=O) groups is 3. The minimum absolute atomic E-state index is 0.0367. The van der Waals surface area contributed by atoms with E-state index in [4.69, 9.17) is 28.4 Å². The molecule has 1 amide bonds. The van der Waals surface area contributed by atoms with Gasteiger partial charge < -0.3 is 49.1 Å². The van der Waals surface area contributed by atoms with Crippen LogP contribution in [0.1, 0.15) is 151 Å². The van der Waals surface area contributed by atoms with E-state index in [9.17, 15) is 29.7 Å². The van der Waals surface area contributed by atoms with Gasteiger partial charge in [-0.25, -0.2) is 0 Å². The number of amides is 1. The van der Waals surface area contributed by atoms with E-state index in [0.29, 0.717) is 75.7 Å². The van der Waals surface area contributed by atoms with Crippen LogP contribution >= 0.6 is 0 Å². The number of ether oxygens (including phenoxy) is 6. The Labute approximate surface area is 381 Å². The van der Waals surface area contributed by atoms with Gasteiger partial charge in [0.25, 0.3) is 5.91 Å². The van der Waals surface area contributed by atoms with Crippen molar-refractivity contribution in [2.24, 2.45) is 41.4 Å². The van der Waals surface area contributed by atoms with E-state index < -0.39 is 89.0 Å². The molecular formula is C51H79NO12. The summed E-state index contributed by atoms with van der Waals surface area (Å²) in [5.74, 6) is -6.06. The number of benzene rings is 1. The first-order valence-electron chi connectivity index (χ1n) is 24.5. The van der Waals surface area contributed by atoms with E-state index in [2.05, 4.69) is 26.1 Å². The van der Waals surface area contributed by atoms with E-state index in [-0.39, 0.29) is 35.5 Å². The summed E-state index contributed by atoms with van der Waals surface area (Å²) < 4.78 is 40.6. The van der Waals surface area contributed by atoms with Crippen molar-refractivity contribution in [3.05, 3.63) is 42.0 Å². The highest BCUT2D eigenvalue weighted by Gasteiger charge is 2.63. The molecule has 13 nitrogen and oxygen atoms in total. The lowest BCUT2D eigenvalue weighted by Gasteiger charge is -2.55. The molecule has 1 aromatic rings. The van der Waals surface area contributed by atoms with Gasteiger partial charge in [0.05, 0.1) is 65.9 Å². The van der Waals surface area contributed by atoms with Crippen molar-refractivity contribution in [3.8, 4) is 5.75 Å². The number of hydrogen-bond donors (Lipinski definition) is 4. The molecule has 5 aliphatic heterocycles. The number of ketones is 1. The van der Waals surface area contributed by atoms with Crippen LogP contribution in [0.5, 0.6) is 5.75 Å². The summed E-state index contributed by atoms with van der Waals surface area (Å²) in [6.45, 7) is 21.9. The van der Waals surface area contributed by atoms with Crippen LogP contribution in [0.15, 0.2) is 36.4 Å². The molecule has 0 saturated carbocycles. The van der Waals surface area contributed by atoms with Crippen molar-refractivity contribution < 1.29 is 58.1 Å². The third-order valence-corrected chi connectivity index (χ3v) is 16.2. The zero-order valence-corrected chi connectivity index (χ0v) is 40.3. The second kappa shape index (κ2) is 20.1. The lowest BCUT2D eigenvalue weighted by atomic mass is 9.72. The average molecular weight is 898 g/mol. The van der Waals surface area contributed by atoms with E-state index in [1.807, 2.05) is 66.7 Å². The van der Waals surface area contributed by atoms with Crippen LogP contribution in [-0.4, -0.2) is 105 Å². The number of rotatable bonds is 16. The van der Waals surface area contributed by atoms with Crippen LogP contribution in [0.3, 0.4) is 0 Å². The molecule has 0 aromatic heterocycles. The van der Waals surface area contributed by atoms with Crippen LogP contribution in [0, 0.1) is 41.4 Å². The summed E-state index contributed by atoms with van der Waals surface area (Å²) in [7, 11) is 0. The third kappa shape index (κ3) is 9.74. The van der Waals surface area contributed by atoms with Crippen LogP contribution in [0.4, 0.5) is 0 Å². The Bertz CT molecular complexity index is 1820. The molecule has 6 rings (SSSR count). The smallest absolute Gasteiger partial charge is 0.309 e. The van der Waals surface area contributed by atoms with Gasteiger partial charge in [0.2, 0.25) is 0 Å². The Balaban J connectivity index is 1.27. The standard InChI is InChI=1S/C51H79NO12/c1-12-35(47(56)57)39-21-20-29(5)44(61-39)33(9)42(53)32(8)43(54)36(13-2)45-30(6)28-31(7)50(62-45)25-22-40(52-46(55)37-18-16-17-19-38(37)59-15-4)51(64-50)27-26-48(11,63-51)41-23-24-49(58,14-3)34(10)60-41/h16-19,22,25,29-36,39-42,44-45,53,58H,12-15,20-21,23-24,26-28H2,1-11H3,(H,52,55)(H,56,57)/t29-,30-,31+,32-,33-,34-,35+,36-,39+,40-,41+,42+,44+,45-,48-,49+,50-,51-/m0/s1. The zero-order chi connectivity index (χ0) is 46.9. The molecule has 2 spiro atoms. The van der Waals surface area contributed by atoms with Gasteiger partial charge in [-0.3, -0.25) is 14.4 Å². The molecule has 64 heavy (non-hydrogen) atoms. The zero-order valence-electron chi connectivity index (χ0n) is 40.3. The molecule has 0 radical (unpaired) electrons. The molecule has 360 valence electrons. The number of carboxylic acid groups (broad SMARTS) is 1. The largest absolute Gasteiger partial charge is 0.493 e. The molecule has 1 aromatic carbocycles. The second-order valence-electron chi connectivity index (χ2n) is 20.4. The number of para-hydroxylation sites is 1. The van der Waals surface area contributed by atoms with Gasteiger partial charge in [-0.05, 0) is 109 Å². The molecule has 0 aliphatic carbocycles. The molecule has 4 fully saturated rings. The highest BCUT2D eigenvalue weighted by Crippen LogP contribution is 2.54. The number of carbonyl (C=O) groups excluding carboxylic acids is 2. The molecule has 18 atom stereocenters. The van der Waals surface area contributed by atoms with E-state index in [0.717, 1.165) is 6.42 Å². The maximum Gasteiger partial charge on any atom is 0.309 e. The third-order valence-electron chi connectivity index (χ3n) is 16.2. The van der Waals surface area contributed by atoms with Crippen molar-refractivity contribution in [2.45, 2.75) is 206 Å². The number of aliphatic hydroxyl groups excluding tert-OH is 1. The lowest BCUT2D eigenvalue weighted by Crippen LogP contribution is -2.65. The summed E-state index contributed by atoms with van der Waals surface area (Å²) in [5.41, 5.74) is -1.37. The number of carboxylic acids is 1. The van der Waals surface area contributed by atoms with Crippen LogP contribution in [-0.2, 0) is 33.3 Å². The molecule has 0 bridgehead atoms. The van der Waals surface area contributed by atoms with Crippen molar-refractivity contribution >= 4 is 17.7 Å². The first-order valence-corrected chi connectivity index (χ1v) is 24.5. The van der Waals surface area contributed by atoms with Crippen LogP contribution in [0.2, 0.25) is 0 Å². The van der Waals surface area contributed by atoms with Crippen molar-refractivity contribution in [1.29, 1.82) is 0 Å². The molecule has 13 heteroatoms. The predicted molar refractivity (Wildman–Crippen MR) is 242 cm³/mol. The van der Waals surface area contributed by atoms with E-state index in [1.165, 1.54) is 0 Å². The number of aliphatic hydroxyl groups is 2. The van der Waals surface area contributed by atoms with Gasteiger partial charge in [-0.15, -0.1) is 0 Å². The Morgan fingerprint density at radius 2 is 1.59 bits per heavy atom. The van der Waals surface area contributed by atoms with Gasteiger partial charge in [0.15, 0.2) is 11.6 Å². The van der Waals surface area contributed by atoms with E-state index >= 15 is 0 Å². The summed E-state index contributed by atoms with van der Waals surface area (Å²) in [6.07, 6.45) is 6.31. The second-order valence-corrected chi connectivity index (χ2v) is 20.4. The summed E-state index contributed by atoms with van der Waals surface area (Å²) in [6, 6.07) is 6.39. The average Bonchev–Trinajstić information content (AvgIpc) is 3.61. The fraction of sp³-hybridized carbons (Fsp3) is 0.784. The minimum atomic E-state index is -1.39. The van der Waals surface area contributed by atoms with Gasteiger partial charge in [-0.1, -0.05) is 73.6 Å². The predicted octanol–water partition coefficient (Wildman–Crippen LogP) is 8.02. The first-order chi connectivity index (χ1) is 30.2. The molecular weight excluding hydrogens is 819 g/mol. The van der Waals surface area contributed by atoms with Gasteiger partial charge in [0, 0.05) is 30.1 Å². The van der Waals surface area contributed by atoms with Gasteiger partial charge in [0.1, 0.15) is 17.6 Å². The first kappa shape index (κ1) is 50.5. The highest BCUT2D eigenvalue weighted by atomic mass is 16.8. The van der Waals surface area contributed by atoms with E-state index in [1.54, 1.807) is 25.1 Å². The van der Waals surface area contributed by atoms with Crippen LogP contribution in [0.25, 0.3) is 0 Å². The molecule has 5 heterocycles. The number of Topliss-reactive ketones (excluding diaryl/α,β-unsaturated/α-hetero) is 1. The SMILES string of the molecule is CCOc1ccccc1C(=O)N[C@H]1C=C[C@]2(O[C@H]([C@@H](CC)C(=O)[C@@H](C)[C@@H](O)[C@H](C)[C@@H]3O[C@@H]([C@@H](CC)C(=O)O)CC[C@@H]3C)[C@@H](C)C[C@H]2C)O[C@@]12CC[C@@](C)([C@H]1CC[C@](O)(CC)[C@H](C)O1)O2. The Morgan fingerprint density at radius 1 is 0.891 bits per heavy atom. The van der Waals surface area contributed by atoms with Crippen molar-refractivity contribution in [1.82, 2.24) is 5.32 Å². The highest BCUT2D eigenvalue weighted by molar-refractivity contribution is 5.97. The van der Waals surface area contributed by atoms with Crippen molar-refractivity contribution in [2.75, 3.05) is 6.61 Å². The molecule has 5 aliphatic rings. The number of nitrogens with one attached hydrogen (secondary N) is 1. The Morgan fingerprint density at radius 3 is 2.23 bits per heavy atom. The van der Waals surface area contributed by atoms with Gasteiger partial charge in [-0.2, -0.15) is 0 Å². The fourth-order valence-electron chi connectivity index (χ4n) is 11.8. The number of aliphatic carboxylic acids is 1. The Hall–Kier alpha value is -2.91. The Kier molecular flexibility index (Phi) is 15.9. The summed E-state index contributed by atoms with van der Waals surface area (Å²) in [4.78, 5) is 40.9. The minimum Gasteiger partial charge on any atom is -0.493 e. The topological polar surface area (TPSA) is 179 Å². The molecule has 0 unspecified atom stereocenters. The summed E-state index contributed by atoms with van der Waals surface area (Å²) >= 11 is 0. The normalized spacial score (nSPS) is 40.0.